The van der Waals surface area contributed by atoms with Gasteiger partial charge in [0, 0.05) is 19.1 Å². The van der Waals surface area contributed by atoms with Gasteiger partial charge in [-0.15, -0.1) is 0 Å². The van der Waals surface area contributed by atoms with Gasteiger partial charge in [0.05, 0.1) is 6.10 Å². The van der Waals surface area contributed by atoms with Gasteiger partial charge in [-0.2, -0.15) is 17.4 Å². The predicted molar refractivity (Wildman–Crippen MR) is 47.3 cm³/mol. The first-order chi connectivity index (χ1) is 6.08. The fourth-order valence-electron chi connectivity index (χ4n) is 1.42. The smallest absolute Gasteiger partial charge is 0.279 e. The van der Waals surface area contributed by atoms with Crippen molar-refractivity contribution in [2.75, 3.05) is 13.1 Å². The van der Waals surface area contributed by atoms with Crippen LogP contribution in [0.2, 0.25) is 0 Å². The van der Waals surface area contributed by atoms with Gasteiger partial charge in [0.2, 0.25) is 0 Å². The Bertz CT molecular complexity index is 286. The van der Waals surface area contributed by atoms with Crippen molar-refractivity contribution in [2.45, 2.75) is 31.4 Å². The third-order valence-electron chi connectivity index (χ3n) is 2.36. The van der Waals surface area contributed by atoms with Crippen LogP contribution in [-0.4, -0.2) is 43.1 Å². The van der Waals surface area contributed by atoms with E-state index in [1.807, 2.05) is 0 Å². The van der Waals surface area contributed by atoms with E-state index in [2.05, 4.69) is 4.72 Å². The molecule has 1 atom stereocenters. The zero-order chi connectivity index (χ0) is 9.47. The fourth-order valence-corrected chi connectivity index (χ4v) is 2.94. The average molecular weight is 206 g/mol. The van der Waals surface area contributed by atoms with Gasteiger partial charge in [0.1, 0.15) is 0 Å². The van der Waals surface area contributed by atoms with Gasteiger partial charge in [0.15, 0.2) is 0 Å². The number of aliphatic hydroxyl groups is 1. The average Bonchev–Trinajstić information content (AvgIpc) is 2.70. The summed E-state index contributed by atoms with van der Waals surface area (Å²) in [6.07, 6.45) is 1.94. The SMILES string of the molecule is O=S(=O)(NC1CC1)N1CCC(O)C1. The van der Waals surface area contributed by atoms with Crippen LogP contribution in [0.3, 0.4) is 0 Å². The normalized spacial score (nSPS) is 31.0. The molecule has 6 heteroatoms. The topological polar surface area (TPSA) is 69.6 Å². The molecule has 0 aromatic carbocycles. The summed E-state index contributed by atoms with van der Waals surface area (Å²) in [4.78, 5) is 0. The summed E-state index contributed by atoms with van der Waals surface area (Å²) < 4.78 is 27.0. The minimum atomic E-state index is -3.31. The van der Waals surface area contributed by atoms with Crippen LogP contribution in [0.5, 0.6) is 0 Å². The second-order valence-corrected chi connectivity index (χ2v) is 5.40. The van der Waals surface area contributed by atoms with Crippen LogP contribution in [0.25, 0.3) is 0 Å². The summed E-state index contributed by atoms with van der Waals surface area (Å²) >= 11 is 0. The molecule has 0 aromatic heterocycles. The molecule has 13 heavy (non-hydrogen) atoms. The van der Waals surface area contributed by atoms with Crippen molar-refractivity contribution in [1.29, 1.82) is 0 Å². The fraction of sp³-hybridized carbons (Fsp3) is 1.00. The number of nitrogens with one attached hydrogen (secondary N) is 1. The Hall–Kier alpha value is -0.170. The van der Waals surface area contributed by atoms with E-state index in [-0.39, 0.29) is 12.6 Å². The number of β-amino-alcohol motifs (C(OH)–C–C–N with tert-alkyl or cyclic N) is 1. The Morgan fingerprint density at radius 3 is 2.46 bits per heavy atom. The summed E-state index contributed by atoms with van der Waals surface area (Å²) in [6.45, 7) is 0.672. The number of hydrogen-bond donors (Lipinski definition) is 2. The molecule has 1 saturated heterocycles. The predicted octanol–water partition coefficient (Wildman–Crippen LogP) is -0.950. The molecule has 2 aliphatic rings. The van der Waals surface area contributed by atoms with Crippen LogP contribution in [0.4, 0.5) is 0 Å². The molecule has 0 aromatic rings. The maximum absolute atomic E-state index is 11.5. The van der Waals surface area contributed by atoms with Gasteiger partial charge < -0.3 is 5.11 Å². The second kappa shape index (κ2) is 3.20. The van der Waals surface area contributed by atoms with E-state index in [0.717, 1.165) is 12.8 Å². The van der Waals surface area contributed by atoms with Crippen LogP contribution < -0.4 is 4.72 Å². The van der Waals surface area contributed by atoms with Crippen LogP contribution in [0.1, 0.15) is 19.3 Å². The lowest BCUT2D eigenvalue weighted by molar-refractivity contribution is 0.189. The molecule has 2 N–H and O–H groups in total. The van der Waals surface area contributed by atoms with E-state index >= 15 is 0 Å². The molecule has 2 rings (SSSR count). The molecule has 5 nitrogen and oxygen atoms in total. The van der Waals surface area contributed by atoms with Crippen molar-refractivity contribution in [2.24, 2.45) is 0 Å². The molecule has 0 bridgehead atoms. The standard InChI is InChI=1S/C7H14N2O3S/c10-7-3-4-9(5-7)13(11,12)8-6-1-2-6/h6-8,10H,1-5H2. The van der Waals surface area contributed by atoms with E-state index in [1.54, 1.807) is 0 Å². The number of nitrogens with zero attached hydrogens (tertiary/aromatic N) is 1. The van der Waals surface area contributed by atoms with Gasteiger partial charge >= 0.3 is 0 Å². The van der Waals surface area contributed by atoms with Crippen molar-refractivity contribution in [3.8, 4) is 0 Å². The molecule has 76 valence electrons. The highest BCUT2D eigenvalue weighted by molar-refractivity contribution is 7.87. The second-order valence-electron chi connectivity index (χ2n) is 3.70. The van der Waals surface area contributed by atoms with Crippen molar-refractivity contribution in [3.05, 3.63) is 0 Å². The third kappa shape index (κ3) is 2.19. The minimum absolute atomic E-state index is 0.141. The van der Waals surface area contributed by atoms with Gasteiger partial charge in [-0.1, -0.05) is 0 Å². The molecule has 1 unspecified atom stereocenters. The van der Waals surface area contributed by atoms with Crippen molar-refractivity contribution in [3.63, 3.8) is 0 Å². The summed E-state index contributed by atoms with van der Waals surface area (Å²) in [6, 6.07) is 0.141. The Morgan fingerprint density at radius 2 is 2.00 bits per heavy atom. The van der Waals surface area contributed by atoms with Crippen molar-refractivity contribution >= 4 is 10.2 Å². The summed E-state index contributed by atoms with van der Waals surface area (Å²) in [5.41, 5.74) is 0. The Balaban J connectivity index is 1.97. The quantitative estimate of drug-likeness (QED) is 0.625. The Labute approximate surface area is 77.9 Å². The van der Waals surface area contributed by atoms with E-state index in [1.165, 1.54) is 4.31 Å². The van der Waals surface area contributed by atoms with Crippen LogP contribution in [-0.2, 0) is 10.2 Å². The molecule has 0 radical (unpaired) electrons. The molecular weight excluding hydrogens is 192 g/mol. The Morgan fingerprint density at radius 1 is 1.31 bits per heavy atom. The first-order valence-electron chi connectivity index (χ1n) is 4.53. The summed E-state index contributed by atoms with van der Waals surface area (Å²) in [7, 11) is -3.31. The maximum Gasteiger partial charge on any atom is 0.279 e. The maximum atomic E-state index is 11.5. The summed E-state index contributed by atoms with van der Waals surface area (Å²) in [5.74, 6) is 0. The van der Waals surface area contributed by atoms with Crippen LogP contribution in [0, 0.1) is 0 Å². The first-order valence-corrected chi connectivity index (χ1v) is 5.97. The minimum Gasteiger partial charge on any atom is -0.392 e. The lowest BCUT2D eigenvalue weighted by Crippen LogP contribution is -2.40. The van der Waals surface area contributed by atoms with E-state index < -0.39 is 16.3 Å². The molecule has 0 spiro atoms. The van der Waals surface area contributed by atoms with Gasteiger partial charge in [-0.05, 0) is 19.3 Å². The lowest BCUT2D eigenvalue weighted by atomic mass is 10.3. The van der Waals surface area contributed by atoms with E-state index in [9.17, 15) is 13.5 Å². The molecule has 1 saturated carbocycles. The van der Waals surface area contributed by atoms with Gasteiger partial charge in [-0.25, -0.2) is 0 Å². The van der Waals surface area contributed by atoms with Gasteiger partial charge in [-0.3, -0.25) is 0 Å². The molecular formula is C7H14N2O3S. The molecule has 1 aliphatic carbocycles. The van der Waals surface area contributed by atoms with E-state index in [4.69, 9.17) is 0 Å². The molecule has 1 aliphatic heterocycles. The van der Waals surface area contributed by atoms with Crippen molar-refractivity contribution in [1.82, 2.24) is 9.03 Å². The number of rotatable bonds is 3. The highest BCUT2D eigenvalue weighted by atomic mass is 32.2. The summed E-state index contributed by atoms with van der Waals surface area (Å²) in [5, 5.41) is 9.18. The molecule has 0 amide bonds. The lowest BCUT2D eigenvalue weighted by Gasteiger charge is -2.15. The number of aliphatic hydroxyl groups excluding tert-OH is 1. The molecule has 2 fully saturated rings. The Kier molecular flexibility index (Phi) is 2.31. The van der Waals surface area contributed by atoms with Crippen LogP contribution >= 0.6 is 0 Å². The third-order valence-corrected chi connectivity index (χ3v) is 4.00. The van der Waals surface area contributed by atoms with E-state index in [0.29, 0.717) is 13.0 Å². The largest absolute Gasteiger partial charge is 0.392 e. The highest BCUT2D eigenvalue weighted by Crippen LogP contribution is 2.22. The van der Waals surface area contributed by atoms with Crippen LogP contribution in [0.15, 0.2) is 0 Å². The monoisotopic (exact) mass is 206 g/mol. The van der Waals surface area contributed by atoms with Gasteiger partial charge in [0.25, 0.3) is 10.2 Å². The first kappa shape index (κ1) is 9.39. The number of hydrogen-bond acceptors (Lipinski definition) is 3. The van der Waals surface area contributed by atoms with Crippen molar-refractivity contribution < 1.29 is 13.5 Å². The highest BCUT2D eigenvalue weighted by Gasteiger charge is 2.34. The molecule has 1 heterocycles. The zero-order valence-electron chi connectivity index (χ0n) is 7.31. The zero-order valence-corrected chi connectivity index (χ0v) is 8.13.